The molecular weight excluding hydrogens is 392 g/mol. The number of rotatable bonds is 6. The predicted octanol–water partition coefficient (Wildman–Crippen LogP) is 1.26. The summed E-state index contributed by atoms with van der Waals surface area (Å²) in [6, 6.07) is 1.68. The first kappa shape index (κ1) is 19.0. The molecule has 0 spiro atoms. The van der Waals surface area contributed by atoms with Gasteiger partial charge in [0.15, 0.2) is 5.13 Å². The fourth-order valence-corrected chi connectivity index (χ4v) is 4.04. The number of carbonyl (C=O) groups is 2. The largest absolute Gasteiger partial charge is 0.466 e. The predicted molar refractivity (Wildman–Crippen MR) is 103 cm³/mol. The maximum Gasteiger partial charge on any atom is 0.329 e. The van der Waals surface area contributed by atoms with E-state index in [0.717, 1.165) is 20.8 Å². The average Bonchev–Trinajstić information content (AvgIpc) is 3.17. The Morgan fingerprint density at radius 2 is 2.15 bits per heavy atom. The van der Waals surface area contributed by atoms with Gasteiger partial charge in [0.25, 0.3) is 5.56 Å². The van der Waals surface area contributed by atoms with Crippen LogP contribution in [0.5, 0.6) is 0 Å². The number of H-pyrrole nitrogens is 1. The fourth-order valence-electron chi connectivity index (χ4n) is 2.42. The number of hydrogen-bond acceptors (Lipinski definition) is 8. The van der Waals surface area contributed by atoms with Crippen molar-refractivity contribution in [2.45, 2.75) is 26.8 Å². The van der Waals surface area contributed by atoms with Gasteiger partial charge in [0, 0.05) is 10.3 Å². The molecule has 0 aliphatic carbocycles. The third kappa shape index (κ3) is 4.31. The van der Waals surface area contributed by atoms with Crippen LogP contribution in [0.25, 0.3) is 10.2 Å². The minimum absolute atomic E-state index is 0.00745. The number of hydrogen-bond donors (Lipinski definition) is 2. The summed E-state index contributed by atoms with van der Waals surface area (Å²) in [4.78, 5) is 56.3. The summed E-state index contributed by atoms with van der Waals surface area (Å²) >= 11 is 2.45. The zero-order valence-corrected chi connectivity index (χ0v) is 16.2. The quantitative estimate of drug-likeness (QED) is 0.592. The Morgan fingerprint density at radius 1 is 1.37 bits per heavy atom. The number of thiazole rings is 1. The van der Waals surface area contributed by atoms with E-state index in [-0.39, 0.29) is 18.2 Å². The van der Waals surface area contributed by atoms with E-state index >= 15 is 0 Å². The van der Waals surface area contributed by atoms with Crippen LogP contribution in [-0.4, -0.2) is 33.0 Å². The van der Waals surface area contributed by atoms with E-state index in [1.807, 2.05) is 6.92 Å². The first-order valence-electron chi connectivity index (χ1n) is 8.00. The van der Waals surface area contributed by atoms with Crippen LogP contribution in [0.4, 0.5) is 5.13 Å². The number of aryl methyl sites for hydroxylation is 1. The standard InChI is InChI=1S/C16H16N4O5S2/c1-3-25-12(22)5-9-7-26-15(17-9)18-11(21)6-20-14(23)10-4-8(2)27-13(10)19-16(20)24/h4,7H,3,5-6H2,1-2H3,(H,19,24)(H,17,18,21). The molecule has 0 saturated heterocycles. The van der Waals surface area contributed by atoms with Crippen LogP contribution < -0.4 is 16.6 Å². The molecule has 2 N–H and O–H groups in total. The zero-order chi connectivity index (χ0) is 19.6. The molecule has 142 valence electrons. The number of esters is 1. The second kappa shape index (κ2) is 7.84. The summed E-state index contributed by atoms with van der Waals surface area (Å²) in [5, 5.41) is 4.81. The molecule has 0 atom stereocenters. The van der Waals surface area contributed by atoms with Crippen molar-refractivity contribution in [3.63, 3.8) is 0 Å². The Bertz CT molecular complexity index is 1120. The number of ether oxygens (including phenoxy) is 1. The summed E-state index contributed by atoms with van der Waals surface area (Å²) in [6.45, 7) is 3.38. The molecule has 0 aromatic carbocycles. The van der Waals surface area contributed by atoms with Gasteiger partial charge in [0.05, 0.1) is 24.1 Å². The molecule has 3 aromatic heterocycles. The van der Waals surface area contributed by atoms with Crippen molar-refractivity contribution in [1.82, 2.24) is 14.5 Å². The van der Waals surface area contributed by atoms with E-state index < -0.39 is 29.7 Å². The molecule has 0 fully saturated rings. The number of amides is 1. The van der Waals surface area contributed by atoms with Crippen LogP contribution in [0.15, 0.2) is 21.0 Å². The maximum atomic E-state index is 12.4. The molecule has 11 heteroatoms. The second-order valence-electron chi connectivity index (χ2n) is 5.60. The van der Waals surface area contributed by atoms with Crippen molar-refractivity contribution in [3.8, 4) is 0 Å². The molecule has 0 radical (unpaired) electrons. The molecule has 3 aromatic rings. The van der Waals surface area contributed by atoms with Crippen molar-refractivity contribution < 1.29 is 14.3 Å². The summed E-state index contributed by atoms with van der Waals surface area (Å²) in [6.07, 6.45) is 0.00745. The van der Waals surface area contributed by atoms with Crippen LogP contribution in [0.3, 0.4) is 0 Å². The number of aromatic amines is 1. The van der Waals surface area contributed by atoms with Gasteiger partial charge < -0.3 is 10.1 Å². The fraction of sp³-hybridized carbons (Fsp3) is 0.312. The van der Waals surface area contributed by atoms with Gasteiger partial charge in [-0.2, -0.15) is 0 Å². The highest BCUT2D eigenvalue weighted by molar-refractivity contribution is 7.18. The van der Waals surface area contributed by atoms with Gasteiger partial charge in [-0.05, 0) is 19.9 Å². The Morgan fingerprint density at radius 3 is 2.89 bits per heavy atom. The molecule has 1 amide bonds. The lowest BCUT2D eigenvalue weighted by molar-refractivity contribution is -0.142. The molecule has 0 aliphatic heterocycles. The third-order valence-corrected chi connectivity index (χ3v) is 5.30. The first-order chi connectivity index (χ1) is 12.9. The maximum absolute atomic E-state index is 12.4. The van der Waals surface area contributed by atoms with Gasteiger partial charge in [-0.15, -0.1) is 22.7 Å². The highest BCUT2D eigenvalue weighted by atomic mass is 32.1. The summed E-state index contributed by atoms with van der Waals surface area (Å²) in [5.74, 6) is -0.968. The monoisotopic (exact) mass is 408 g/mol. The highest BCUT2D eigenvalue weighted by Gasteiger charge is 2.15. The third-order valence-electron chi connectivity index (χ3n) is 3.53. The lowest BCUT2D eigenvalue weighted by atomic mass is 10.3. The molecule has 0 saturated carbocycles. The minimum Gasteiger partial charge on any atom is -0.466 e. The smallest absolute Gasteiger partial charge is 0.329 e. The van der Waals surface area contributed by atoms with Crippen molar-refractivity contribution in [1.29, 1.82) is 0 Å². The van der Waals surface area contributed by atoms with Gasteiger partial charge in [-0.25, -0.2) is 9.78 Å². The summed E-state index contributed by atoms with van der Waals surface area (Å²) < 4.78 is 5.69. The number of nitrogens with zero attached hydrogens (tertiary/aromatic N) is 2. The van der Waals surface area contributed by atoms with Gasteiger partial charge >= 0.3 is 11.7 Å². The highest BCUT2D eigenvalue weighted by Crippen LogP contribution is 2.19. The number of nitrogens with one attached hydrogen (secondary N) is 2. The van der Waals surface area contributed by atoms with Gasteiger partial charge in [0.1, 0.15) is 11.4 Å². The number of fused-ring (bicyclic) bond motifs is 1. The van der Waals surface area contributed by atoms with Gasteiger partial charge in [-0.3, -0.25) is 23.9 Å². The molecule has 0 aliphatic rings. The van der Waals surface area contributed by atoms with Gasteiger partial charge in [-0.1, -0.05) is 0 Å². The second-order valence-corrected chi connectivity index (χ2v) is 7.71. The van der Waals surface area contributed by atoms with E-state index in [9.17, 15) is 19.2 Å². The number of anilines is 1. The summed E-state index contributed by atoms with van der Waals surface area (Å²) in [7, 11) is 0. The van der Waals surface area contributed by atoms with E-state index in [4.69, 9.17) is 4.74 Å². The SMILES string of the molecule is CCOC(=O)Cc1csc(NC(=O)Cn2c(=O)[nH]c3sc(C)cc3c2=O)n1. The van der Waals surface area contributed by atoms with Crippen LogP contribution in [-0.2, 0) is 27.3 Å². The number of aromatic nitrogens is 3. The molecule has 27 heavy (non-hydrogen) atoms. The lowest BCUT2D eigenvalue weighted by Gasteiger charge is -2.04. The van der Waals surface area contributed by atoms with Crippen molar-refractivity contribution >= 4 is 49.9 Å². The van der Waals surface area contributed by atoms with Crippen molar-refractivity contribution in [2.24, 2.45) is 0 Å². The Labute approximate surface area is 160 Å². The molecule has 3 heterocycles. The van der Waals surface area contributed by atoms with Crippen molar-refractivity contribution in [3.05, 3.63) is 42.9 Å². The van der Waals surface area contributed by atoms with E-state index in [2.05, 4.69) is 15.3 Å². The number of carbonyl (C=O) groups excluding carboxylic acids is 2. The number of thiophene rings is 1. The zero-order valence-electron chi connectivity index (χ0n) is 14.5. The van der Waals surface area contributed by atoms with E-state index in [0.29, 0.717) is 15.9 Å². The Balaban J connectivity index is 1.72. The van der Waals surface area contributed by atoms with Crippen molar-refractivity contribution in [2.75, 3.05) is 11.9 Å². The average molecular weight is 408 g/mol. The van der Waals surface area contributed by atoms with Crippen LogP contribution >= 0.6 is 22.7 Å². The topological polar surface area (TPSA) is 123 Å². The Hall–Kier alpha value is -2.79. The normalized spacial score (nSPS) is 10.9. The Kier molecular flexibility index (Phi) is 5.51. The van der Waals surface area contributed by atoms with Crippen LogP contribution in [0.1, 0.15) is 17.5 Å². The molecule has 3 rings (SSSR count). The summed E-state index contributed by atoms with van der Waals surface area (Å²) in [5.41, 5.74) is -0.694. The molecule has 0 bridgehead atoms. The molecule has 0 unspecified atom stereocenters. The van der Waals surface area contributed by atoms with Gasteiger partial charge in [0.2, 0.25) is 5.91 Å². The minimum atomic E-state index is -0.647. The molecule has 9 nitrogen and oxygen atoms in total. The van der Waals surface area contributed by atoms with E-state index in [1.165, 1.54) is 11.3 Å². The van der Waals surface area contributed by atoms with Crippen LogP contribution in [0, 0.1) is 6.92 Å². The van der Waals surface area contributed by atoms with Crippen LogP contribution in [0.2, 0.25) is 0 Å². The van der Waals surface area contributed by atoms with E-state index in [1.54, 1.807) is 18.4 Å². The molecular formula is C16H16N4O5S2. The first-order valence-corrected chi connectivity index (χ1v) is 9.70. The lowest BCUT2D eigenvalue weighted by Crippen LogP contribution is -2.38.